The molecule has 0 saturated carbocycles. The molecule has 8 heteroatoms. The van der Waals surface area contributed by atoms with E-state index in [1.165, 1.54) is 6.20 Å². The fourth-order valence-corrected chi connectivity index (χ4v) is 4.22. The number of aromatic nitrogens is 3. The maximum absolute atomic E-state index is 12.5. The SMILES string of the molecule is C[C@@H](O[Si](C)(C)C(C)(C)C)[C@H]1C(=O)N[C@H]1[C@@H](C)C(=O)c1c[nH]nn1. The third-order valence-corrected chi connectivity index (χ3v) is 9.99. The number of β-lactam (4-membered cyclic amide) rings is 1. The van der Waals surface area contributed by atoms with Crippen molar-refractivity contribution in [3.63, 3.8) is 0 Å². The highest BCUT2D eigenvalue weighted by Crippen LogP contribution is 2.39. The monoisotopic (exact) mass is 352 g/mol. The van der Waals surface area contributed by atoms with Gasteiger partial charge < -0.3 is 9.74 Å². The van der Waals surface area contributed by atoms with Crippen molar-refractivity contribution in [3.8, 4) is 0 Å². The smallest absolute Gasteiger partial charge is 0.228 e. The van der Waals surface area contributed by atoms with Gasteiger partial charge in [-0.15, -0.1) is 5.10 Å². The number of rotatable bonds is 6. The Balaban J connectivity index is 2.09. The molecule has 1 aliphatic rings. The average Bonchev–Trinajstić information content (AvgIpc) is 2.95. The number of nitrogens with one attached hydrogen (secondary N) is 2. The van der Waals surface area contributed by atoms with Gasteiger partial charge in [-0.1, -0.05) is 32.9 Å². The Morgan fingerprint density at radius 3 is 2.42 bits per heavy atom. The van der Waals surface area contributed by atoms with Gasteiger partial charge in [-0.2, -0.15) is 0 Å². The lowest BCUT2D eigenvalue weighted by atomic mass is 9.77. The highest BCUT2D eigenvalue weighted by Gasteiger charge is 2.50. The number of amides is 1. The number of carbonyl (C=O) groups excluding carboxylic acids is 2. The molecule has 7 nitrogen and oxygen atoms in total. The second kappa shape index (κ2) is 6.40. The third-order valence-electron chi connectivity index (χ3n) is 5.41. The summed E-state index contributed by atoms with van der Waals surface area (Å²) < 4.78 is 6.36. The summed E-state index contributed by atoms with van der Waals surface area (Å²) >= 11 is 0. The van der Waals surface area contributed by atoms with Crippen LogP contribution >= 0.6 is 0 Å². The van der Waals surface area contributed by atoms with E-state index < -0.39 is 8.32 Å². The summed E-state index contributed by atoms with van der Waals surface area (Å²) in [4.78, 5) is 24.6. The third kappa shape index (κ3) is 3.44. The molecule has 0 aromatic carbocycles. The summed E-state index contributed by atoms with van der Waals surface area (Å²) in [6, 6.07) is -0.235. The topological polar surface area (TPSA) is 97.0 Å². The van der Waals surface area contributed by atoms with Crippen LogP contribution in [0.4, 0.5) is 0 Å². The van der Waals surface area contributed by atoms with E-state index in [1.807, 2.05) is 13.8 Å². The molecule has 0 radical (unpaired) electrons. The van der Waals surface area contributed by atoms with Crippen molar-refractivity contribution in [2.75, 3.05) is 0 Å². The summed E-state index contributed by atoms with van der Waals surface area (Å²) in [6.45, 7) is 14.6. The normalized spacial score (nSPS) is 24.0. The maximum atomic E-state index is 12.5. The van der Waals surface area contributed by atoms with E-state index in [0.29, 0.717) is 5.69 Å². The van der Waals surface area contributed by atoms with Crippen LogP contribution in [0, 0.1) is 11.8 Å². The van der Waals surface area contributed by atoms with Crippen LogP contribution in [0.25, 0.3) is 0 Å². The van der Waals surface area contributed by atoms with Gasteiger partial charge in [-0.05, 0) is 25.1 Å². The van der Waals surface area contributed by atoms with Gasteiger partial charge in [0.2, 0.25) is 5.91 Å². The van der Waals surface area contributed by atoms with Gasteiger partial charge in [0.05, 0.1) is 24.3 Å². The molecule has 1 aromatic rings. The van der Waals surface area contributed by atoms with Crippen molar-refractivity contribution in [3.05, 3.63) is 11.9 Å². The largest absolute Gasteiger partial charge is 0.413 e. The molecule has 0 spiro atoms. The molecular weight excluding hydrogens is 324 g/mol. The van der Waals surface area contributed by atoms with E-state index in [9.17, 15) is 9.59 Å². The number of H-pyrrole nitrogens is 1. The summed E-state index contributed by atoms with van der Waals surface area (Å²) in [5.41, 5.74) is 0.292. The second-order valence-corrected chi connectivity index (χ2v) is 12.9. The number of hydrogen-bond donors (Lipinski definition) is 2. The Bertz CT molecular complexity index is 609. The lowest BCUT2D eigenvalue weighted by Crippen LogP contribution is -2.66. The lowest BCUT2D eigenvalue weighted by Gasteiger charge is -2.46. The Hall–Kier alpha value is -1.54. The Labute approximate surface area is 144 Å². The highest BCUT2D eigenvalue weighted by molar-refractivity contribution is 6.74. The molecule has 2 rings (SSSR count). The molecular formula is C16H28N4O3Si. The van der Waals surface area contributed by atoms with Crippen LogP contribution in [0.3, 0.4) is 0 Å². The van der Waals surface area contributed by atoms with Gasteiger partial charge in [-0.25, -0.2) is 0 Å². The van der Waals surface area contributed by atoms with Crippen LogP contribution in [-0.4, -0.2) is 47.6 Å². The van der Waals surface area contributed by atoms with Crippen molar-refractivity contribution < 1.29 is 14.0 Å². The summed E-state index contributed by atoms with van der Waals surface area (Å²) in [5, 5.41) is 12.8. The minimum atomic E-state index is -1.98. The van der Waals surface area contributed by atoms with Gasteiger partial charge in [0.25, 0.3) is 0 Å². The van der Waals surface area contributed by atoms with E-state index in [0.717, 1.165) is 0 Å². The van der Waals surface area contributed by atoms with E-state index in [-0.39, 0.29) is 40.7 Å². The lowest BCUT2D eigenvalue weighted by molar-refractivity contribution is -0.141. The van der Waals surface area contributed by atoms with Gasteiger partial charge in [0.15, 0.2) is 14.1 Å². The van der Waals surface area contributed by atoms with Gasteiger partial charge in [0.1, 0.15) is 5.69 Å². The van der Waals surface area contributed by atoms with Crippen LogP contribution in [0.1, 0.15) is 45.1 Å². The van der Waals surface area contributed by atoms with Gasteiger partial charge in [-0.3, -0.25) is 14.7 Å². The minimum Gasteiger partial charge on any atom is -0.413 e. The van der Waals surface area contributed by atoms with Crippen molar-refractivity contribution in [1.29, 1.82) is 0 Å². The van der Waals surface area contributed by atoms with Crippen molar-refractivity contribution in [2.45, 2.75) is 64.9 Å². The van der Waals surface area contributed by atoms with Gasteiger partial charge >= 0.3 is 0 Å². The first-order valence-corrected chi connectivity index (χ1v) is 11.3. The molecule has 1 aliphatic heterocycles. The molecule has 24 heavy (non-hydrogen) atoms. The molecule has 1 saturated heterocycles. The predicted molar refractivity (Wildman–Crippen MR) is 93.0 cm³/mol. The number of carbonyl (C=O) groups is 2. The van der Waals surface area contributed by atoms with Crippen LogP contribution in [-0.2, 0) is 9.22 Å². The molecule has 0 unspecified atom stereocenters. The molecule has 4 atom stereocenters. The van der Waals surface area contributed by atoms with Crippen LogP contribution in [0.5, 0.6) is 0 Å². The quantitative estimate of drug-likeness (QED) is 0.464. The standard InChI is InChI=1S/C16H28N4O3Si/c1-9(14(21)11-8-17-20-19-11)13-12(15(22)18-13)10(2)23-24(6,7)16(3,4)5/h8-10,12-13H,1-7H3,(H,18,22)(H,17,19,20)/t9-,10-,12-,13+/m1/s1. The molecule has 1 amide bonds. The van der Waals surface area contributed by atoms with E-state index in [1.54, 1.807) is 0 Å². The van der Waals surface area contributed by atoms with E-state index >= 15 is 0 Å². The van der Waals surface area contributed by atoms with E-state index in [2.05, 4.69) is 54.6 Å². The predicted octanol–water partition coefficient (Wildman–Crippen LogP) is 2.15. The highest BCUT2D eigenvalue weighted by atomic mass is 28.4. The fraction of sp³-hybridized carbons (Fsp3) is 0.750. The molecule has 134 valence electrons. The Morgan fingerprint density at radius 2 is 1.96 bits per heavy atom. The summed E-state index contributed by atoms with van der Waals surface area (Å²) in [5.74, 6) is -0.863. The average molecular weight is 353 g/mol. The molecule has 2 heterocycles. The summed E-state index contributed by atoms with van der Waals surface area (Å²) in [6.07, 6.45) is 1.25. The van der Waals surface area contributed by atoms with Gasteiger partial charge in [0, 0.05) is 5.92 Å². The molecule has 1 aromatic heterocycles. The minimum absolute atomic E-state index is 0.0500. The van der Waals surface area contributed by atoms with Crippen LogP contribution in [0.15, 0.2) is 6.20 Å². The zero-order valence-corrected chi connectivity index (χ0v) is 16.5. The maximum Gasteiger partial charge on any atom is 0.228 e. The zero-order valence-electron chi connectivity index (χ0n) is 15.5. The first kappa shape index (κ1) is 18.8. The fourth-order valence-electron chi connectivity index (χ4n) is 2.79. The number of aromatic amines is 1. The van der Waals surface area contributed by atoms with Crippen LogP contribution < -0.4 is 5.32 Å². The van der Waals surface area contributed by atoms with Crippen LogP contribution in [0.2, 0.25) is 18.1 Å². The molecule has 1 fully saturated rings. The number of Topliss-reactive ketones (excluding diaryl/α,β-unsaturated/α-hetero) is 1. The second-order valence-electron chi connectivity index (χ2n) is 8.16. The molecule has 0 aliphatic carbocycles. The molecule has 2 N–H and O–H groups in total. The number of hydrogen-bond acceptors (Lipinski definition) is 5. The first-order chi connectivity index (χ1) is 11.0. The first-order valence-electron chi connectivity index (χ1n) is 8.34. The van der Waals surface area contributed by atoms with Crippen molar-refractivity contribution in [2.24, 2.45) is 11.8 Å². The van der Waals surface area contributed by atoms with E-state index in [4.69, 9.17) is 4.43 Å². The zero-order chi connectivity index (χ0) is 18.3. The van der Waals surface area contributed by atoms with Crippen molar-refractivity contribution in [1.82, 2.24) is 20.7 Å². The Kier molecular flexibility index (Phi) is 5.01. The molecule has 0 bridgehead atoms. The summed E-state index contributed by atoms with van der Waals surface area (Å²) in [7, 11) is -1.98. The number of ketones is 1. The number of nitrogens with zero attached hydrogens (tertiary/aromatic N) is 2. The van der Waals surface area contributed by atoms with Crippen molar-refractivity contribution >= 4 is 20.0 Å². The Morgan fingerprint density at radius 1 is 1.33 bits per heavy atom.